The molecule has 0 fully saturated rings. The van der Waals surface area contributed by atoms with Crippen molar-refractivity contribution < 1.29 is 8.42 Å². The Labute approximate surface area is 97.6 Å². The second-order valence-corrected chi connectivity index (χ2v) is 6.36. The van der Waals surface area contributed by atoms with Crippen LogP contribution in [0.3, 0.4) is 0 Å². The Hall–Kier alpha value is 0.220. The van der Waals surface area contributed by atoms with Crippen LogP contribution < -0.4 is 5.14 Å². The summed E-state index contributed by atoms with van der Waals surface area (Å²) in [6.07, 6.45) is 3.79. The van der Waals surface area contributed by atoms with Crippen LogP contribution in [-0.2, 0) is 10.0 Å². The van der Waals surface area contributed by atoms with Crippen LogP contribution in [0.1, 0.15) is 19.8 Å². The summed E-state index contributed by atoms with van der Waals surface area (Å²) in [5, 5.41) is 4.94. The van der Waals surface area contributed by atoms with Gasteiger partial charge in [0.25, 0.3) is 0 Å². The minimum absolute atomic E-state index is 0.0764. The van der Waals surface area contributed by atoms with E-state index in [9.17, 15) is 8.42 Å². The highest BCUT2D eigenvalue weighted by molar-refractivity contribution is 7.98. The van der Waals surface area contributed by atoms with Crippen molar-refractivity contribution in [1.29, 1.82) is 0 Å². The minimum atomic E-state index is -3.30. The van der Waals surface area contributed by atoms with Crippen LogP contribution in [-0.4, -0.2) is 50.7 Å². The molecule has 0 heterocycles. The topological polar surface area (TPSA) is 63.4 Å². The number of hydrogen-bond donors (Lipinski definition) is 1. The standard InChI is InChI=1S/C9H22N2O2S2/c1-4-9(8-14-3)11(2)6-5-7-15(10,12)13/h9H,4-8H2,1-3H3,(H2,10,12,13). The van der Waals surface area contributed by atoms with Crippen LogP contribution in [0.15, 0.2) is 0 Å². The van der Waals surface area contributed by atoms with Gasteiger partial charge >= 0.3 is 0 Å². The average Bonchev–Trinajstić information content (AvgIpc) is 2.11. The molecule has 0 aromatic heterocycles. The van der Waals surface area contributed by atoms with Gasteiger partial charge in [0.1, 0.15) is 0 Å². The first-order chi connectivity index (χ1) is 6.90. The van der Waals surface area contributed by atoms with E-state index in [1.54, 1.807) is 0 Å². The van der Waals surface area contributed by atoms with Crippen LogP contribution in [0, 0.1) is 0 Å². The first-order valence-electron chi connectivity index (χ1n) is 5.10. The Bertz CT molecular complexity index is 255. The van der Waals surface area contributed by atoms with Crippen LogP contribution in [0.4, 0.5) is 0 Å². The molecule has 4 nitrogen and oxygen atoms in total. The van der Waals surface area contributed by atoms with Crippen molar-refractivity contribution in [2.45, 2.75) is 25.8 Å². The molecule has 0 aliphatic carbocycles. The van der Waals surface area contributed by atoms with Gasteiger partial charge in [0.2, 0.25) is 10.0 Å². The van der Waals surface area contributed by atoms with Crippen molar-refractivity contribution >= 4 is 21.8 Å². The molecule has 0 bridgehead atoms. The number of sulfonamides is 1. The Balaban J connectivity index is 3.85. The van der Waals surface area contributed by atoms with Gasteiger partial charge < -0.3 is 4.90 Å². The van der Waals surface area contributed by atoms with Crippen LogP contribution in [0.2, 0.25) is 0 Å². The maximum absolute atomic E-state index is 10.7. The highest BCUT2D eigenvalue weighted by Gasteiger charge is 2.12. The van der Waals surface area contributed by atoms with Gasteiger partial charge in [-0.25, -0.2) is 13.6 Å². The number of primary sulfonamides is 1. The lowest BCUT2D eigenvalue weighted by molar-refractivity contribution is 0.257. The van der Waals surface area contributed by atoms with E-state index in [2.05, 4.69) is 18.1 Å². The summed E-state index contributed by atoms with van der Waals surface area (Å²) >= 11 is 1.82. The lowest BCUT2D eigenvalue weighted by Gasteiger charge is -2.26. The third-order valence-electron chi connectivity index (χ3n) is 2.39. The Kier molecular flexibility index (Phi) is 7.60. The summed E-state index contributed by atoms with van der Waals surface area (Å²) in [6.45, 7) is 2.94. The van der Waals surface area contributed by atoms with Crippen molar-refractivity contribution in [3.05, 3.63) is 0 Å². The number of rotatable bonds is 8. The molecule has 1 unspecified atom stereocenters. The molecule has 0 rings (SSSR count). The van der Waals surface area contributed by atoms with Crippen molar-refractivity contribution in [2.24, 2.45) is 5.14 Å². The number of nitrogens with zero attached hydrogens (tertiary/aromatic N) is 1. The first kappa shape index (κ1) is 15.2. The van der Waals surface area contributed by atoms with Gasteiger partial charge in [-0.05, 0) is 32.7 Å². The molecule has 0 aromatic carbocycles. The van der Waals surface area contributed by atoms with Crippen LogP contribution in [0.25, 0.3) is 0 Å². The zero-order chi connectivity index (χ0) is 11.9. The molecule has 0 aliphatic heterocycles. The number of hydrogen-bond acceptors (Lipinski definition) is 4. The van der Waals surface area contributed by atoms with Gasteiger partial charge in [-0.15, -0.1) is 0 Å². The molecule has 0 saturated heterocycles. The highest BCUT2D eigenvalue weighted by Crippen LogP contribution is 2.08. The Morgan fingerprint density at radius 1 is 1.47 bits per heavy atom. The molecular formula is C9H22N2O2S2. The third-order valence-corrected chi connectivity index (χ3v) is 3.97. The quantitative estimate of drug-likeness (QED) is 0.694. The molecule has 0 saturated carbocycles. The second kappa shape index (κ2) is 7.49. The van der Waals surface area contributed by atoms with Gasteiger partial charge in [0, 0.05) is 11.8 Å². The van der Waals surface area contributed by atoms with E-state index in [1.165, 1.54) is 0 Å². The van der Waals surface area contributed by atoms with Gasteiger partial charge in [-0.3, -0.25) is 0 Å². The molecule has 2 N–H and O–H groups in total. The van der Waals surface area contributed by atoms with Gasteiger partial charge in [0.05, 0.1) is 5.75 Å². The molecule has 92 valence electrons. The molecule has 0 aromatic rings. The van der Waals surface area contributed by atoms with Crippen molar-refractivity contribution in [3.63, 3.8) is 0 Å². The smallest absolute Gasteiger partial charge is 0.209 e. The molecule has 0 radical (unpaired) electrons. The van der Waals surface area contributed by atoms with Gasteiger partial charge in [0.15, 0.2) is 0 Å². The van der Waals surface area contributed by atoms with Crippen molar-refractivity contribution in [3.8, 4) is 0 Å². The number of nitrogens with two attached hydrogens (primary N) is 1. The van der Waals surface area contributed by atoms with E-state index < -0.39 is 10.0 Å². The fraction of sp³-hybridized carbons (Fsp3) is 1.00. The fourth-order valence-electron chi connectivity index (χ4n) is 1.45. The second-order valence-electron chi connectivity index (χ2n) is 3.72. The SMILES string of the molecule is CCC(CSC)N(C)CCCS(N)(=O)=O. The van der Waals surface area contributed by atoms with E-state index in [1.807, 2.05) is 18.8 Å². The normalized spacial score (nSPS) is 14.5. The third kappa shape index (κ3) is 8.07. The molecule has 1 atom stereocenters. The summed E-state index contributed by atoms with van der Waals surface area (Å²) in [4.78, 5) is 2.21. The molecule has 15 heavy (non-hydrogen) atoms. The number of thioether (sulfide) groups is 1. The summed E-state index contributed by atoms with van der Waals surface area (Å²) < 4.78 is 21.5. The zero-order valence-corrected chi connectivity index (χ0v) is 11.4. The Morgan fingerprint density at radius 3 is 2.47 bits per heavy atom. The maximum Gasteiger partial charge on any atom is 0.209 e. The molecule has 0 aliphatic rings. The first-order valence-corrected chi connectivity index (χ1v) is 8.21. The van der Waals surface area contributed by atoms with E-state index in [0.717, 1.165) is 18.7 Å². The van der Waals surface area contributed by atoms with E-state index in [4.69, 9.17) is 5.14 Å². The summed E-state index contributed by atoms with van der Waals surface area (Å²) in [6, 6.07) is 0.528. The van der Waals surface area contributed by atoms with Crippen LogP contribution in [0.5, 0.6) is 0 Å². The van der Waals surface area contributed by atoms with Gasteiger partial charge in [-0.1, -0.05) is 6.92 Å². The van der Waals surface area contributed by atoms with Crippen molar-refractivity contribution in [2.75, 3.05) is 31.4 Å². The van der Waals surface area contributed by atoms with E-state index >= 15 is 0 Å². The molecular weight excluding hydrogens is 232 g/mol. The zero-order valence-electron chi connectivity index (χ0n) is 9.77. The molecule has 0 spiro atoms. The maximum atomic E-state index is 10.7. The van der Waals surface area contributed by atoms with Gasteiger partial charge in [-0.2, -0.15) is 11.8 Å². The van der Waals surface area contributed by atoms with Crippen molar-refractivity contribution in [1.82, 2.24) is 4.90 Å². The van der Waals surface area contributed by atoms with E-state index in [0.29, 0.717) is 12.5 Å². The lowest BCUT2D eigenvalue weighted by Crippen LogP contribution is -2.35. The minimum Gasteiger partial charge on any atom is -0.303 e. The average molecular weight is 254 g/mol. The fourth-order valence-corrected chi connectivity index (χ4v) is 2.85. The largest absolute Gasteiger partial charge is 0.303 e. The molecule has 6 heteroatoms. The van der Waals surface area contributed by atoms with Crippen LogP contribution >= 0.6 is 11.8 Å². The highest BCUT2D eigenvalue weighted by atomic mass is 32.2. The Morgan fingerprint density at radius 2 is 2.07 bits per heavy atom. The lowest BCUT2D eigenvalue weighted by atomic mass is 10.2. The predicted octanol–water partition coefficient (Wildman–Crippen LogP) is 0.738. The predicted molar refractivity (Wildman–Crippen MR) is 67.7 cm³/mol. The molecule has 0 amide bonds. The monoisotopic (exact) mass is 254 g/mol. The summed E-state index contributed by atoms with van der Waals surface area (Å²) in [5.74, 6) is 1.16. The summed E-state index contributed by atoms with van der Waals surface area (Å²) in [5.41, 5.74) is 0. The van der Waals surface area contributed by atoms with E-state index in [-0.39, 0.29) is 5.75 Å². The summed E-state index contributed by atoms with van der Waals surface area (Å²) in [7, 11) is -1.26.